The molecule has 0 atom stereocenters. The van der Waals surface area contributed by atoms with E-state index in [-0.39, 0.29) is 0 Å². The van der Waals surface area contributed by atoms with Gasteiger partial charge in [0.2, 0.25) is 0 Å². The van der Waals surface area contributed by atoms with Gasteiger partial charge in [0.05, 0.1) is 12.8 Å². The summed E-state index contributed by atoms with van der Waals surface area (Å²) in [6, 6.07) is 16.6. The van der Waals surface area contributed by atoms with E-state index in [1.54, 1.807) is 32.2 Å². The highest BCUT2D eigenvalue weighted by Crippen LogP contribution is 2.12. The minimum atomic E-state index is -0.631. The highest BCUT2D eigenvalue weighted by Gasteiger charge is 2.01. The number of nitrogens with zero attached hydrogens (tertiary/aromatic N) is 1. The van der Waals surface area contributed by atoms with E-state index in [1.807, 2.05) is 48.5 Å². The lowest BCUT2D eigenvalue weighted by Gasteiger charge is -2.02. The topological polar surface area (TPSA) is 59.9 Å². The molecular weight excluding hydrogens is 292 g/mol. The molecule has 2 aromatic rings. The first kappa shape index (κ1) is 16.3. The van der Waals surface area contributed by atoms with Crippen LogP contribution in [0.1, 0.15) is 12.5 Å². The molecule has 0 heterocycles. The van der Waals surface area contributed by atoms with Crippen molar-refractivity contribution in [3.8, 4) is 5.75 Å². The summed E-state index contributed by atoms with van der Waals surface area (Å²) in [6.07, 6.45) is 3.00. The summed E-state index contributed by atoms with van der Waals surface area (Å²) < 4.78 is 5.10. The molecule has 0 fully saturated rings. The van der Waals surface area contributed by atoms with Gasteiger partial charge in [0.25, 0.3) is 0 Å². The smallest absolute Gasteiger partial charge is 0.437 e. The number of rotatable bonds is 5. The summed E-state index contributed by atoms with van der Waals surface area (Å²) in [5, 5.41) is 6.34. The summed E-state index contributed by atoms with van der Waals surface area (Å²) >= 11 is 0. The highest BCUT2D eigenvalue weighted by molar-refractivity contribution is 5.96. The molecule has 1 N–H and O–H groups in total. The number of ether oxygens (including phenoxy) is 1. The summed E-state index contributed by atoms with van der Waals surface area (Å²) in [6.45, 7) is 1.75. The second-order valence-electron chi connectivity index (χ2n) is 4.71. The van der Waals surface area contributed by atoms with Gasteiger partial charge in [-0.25, -0.2) is 4.79 Å². The lowest BCUT2D eigenvalue weighted by Crippen LogP contribution is -2.11. The fraction of sp³-hybridized carbons (Fsp3) is 0.111. The molecule has 0 aliphatic heterocycles. The van der Waals surface area contributed by atoms with Gasteiger partial charge in [-0.15, -0.1) is 0 Å². The minimum Gasteiger partial charge on any atom is -0.497 e. The number of carbonyl (C=O) groups excluding carboxylic acids is 1. The number of nitrogens with one attached hydrogen (secondary N) is 1. The Balaban J connectivity index is 1.86. The van der Waals surface area contributed by atoms with Crippen LogP contribution in [0.25, 0.3) is 6.08 Å². The van der Waals surface area contributed by atoms with Crippen LogP contribution in [0.15, 0.2) is 65.8 Å². The third-order valence-corrected chi connectivity index (χ3v) is 2.93. The van der Waals surface area contributed by atoms with Gasteiger partial charge in [0.1, 0.15) is 5.75 Å². The van der Waals surface area contributed by atoms with Crippen LogP contribution in [0, 0.1) is 0 Å². The highest BCUT2D eigenvalue weighted by atomic mass is 16.7. The van der Waals surface area contributed by atoms with E-state index in [2.05, 4.69) is 10.5 Å². The number of anilines is 1. The quantitative estimate of drug-likeness (QED) is 0.508. The number of oxime groups is 1. The van der Waals surface area contributed by atoms with Crippen molar-refractivity contribution in [2.24, 2.45) is 5.16 Å². The molecule has 5 nitrogen and oxygen atoms in total. The predicted molar refractivity (Wildman–Crippen MR) is 91.7 cm³/mol. The molecule has 0 bridgehead atoms. The number of para-hydroxylation sites is 1. The molecule has 0 unspecified atom stereocenters. The number of amides is 1. The Morgan fingerprint density at radius 1 is 1.09 bits per heavy atom. The number of hydrogen-bond donors (Lipinski definition) is 1. The van der Waals surface area contributed by atoms with Gasteiger partial charge >= 0.3 is 6.09 Å². The maximum absolute atomic E-state index is 11.6. The Labute approximate surface area is 135 Å². The van der Waals surface area contributed by atoms with E-state index in [9.17, 15) is 4.79 Å². The largest absolute Gasteiger partial charge is 0.497 e. The molecule has 1 amide bonds. The van der Waals surface area contributed by atoms with Crippen molar-refractivity contribution in [2.45, 2.75) is 6.92 Å². The SMILES string of the molecule is COc1ccc(/C=C/C(C)=N/OC(=O)Nc2ccccc2)cc1. The first-order valence-corrected chi connectivity index (χ1v) is 7.07. The van der Waals surface area contributed by atoms with Gasteiger partial charge < -0.3 is 4.74 Å². The average molecular weight is 310 g/mol. The average Bonchev–Trinajstić information content (AvgIpc) is 2.59. The van der Waals surface area contributed by atoms with Crippen molar-refractivity contribution >= 4 is 23.6 Å². The number of benzene rings is 2. The Kier molecular flexibility index (Phi) is 5.94. The molecule has 0 saturated carbocycles. The second-order valence-corrected chi connectivity index (χ2v) is 4.71. The molecule has 0 saturated heterocycles. The van der Waals surface area contributed by atoms with E-state index in [4.69, 9.17) is 9.57 Å². The Morgan fingerprint density at radius 3 is 2.43 bits per heavy atom. The van der Waals surface area contributed by atoms with E-state index < -0.39 is 6.09 Å². The van der Waals surface area contributed by atoms with Crippen LogP contribution in [0.4, 0.5) is 10.5 Å². The third-order valence-electron chi connectivity index (χ3n) is 2.93. The standard InChI is InChI=1S/C18H18N2O3/c1-14(8-9-15-10-12-17(22-2)13-11-15)20-23-18(21)19-16-6-4-3-5-7-16/h3-13H,1-2H3,(H,19,21)/b9-8+,20-14+. The van der Waals surface area contributed by atoms with Gasteiger partial charge in [0, 0.05) is 5.69 Å². The zero-order valence-electron chi connectivity index (χ0n) is 13.0. The van der Waals surface area contributed by atoms with E-state index in [0.29, 0.717) is 11.4 Å². The molecule has 5 heteroatoms. The zero-order chi connectivity index (χ0) is 16.5. The normalized spacial score (nSPS) is 11.3. The van der Waals surface area contributed by atoms with Crippen molar-refractivity contribution in [1.29, 1.82) is 0 Å². The Hall–Kier alpha value is -3.08. The Morgan fingerprint density at radius 2 is 1.78 bits per heavy atom. The van der Waals surface area contributed by atoms with Crippen LogP contribution in [0.2, 0.25) is 0 Å². The van der Waals surface area contributed by atoms with Crippen molar-refractivity contribution in [3.63, 3.8) is 0 Å². The van der Waals surface area contributed by atoms with E-state index >= 15 is 0 Å². The monoisotopic (exact) mass is 310 g/mol. The number of methoxy groups -OCH3 is 1. The molecule has 0 aromatic heterocycles. The van der Waals surface area contributed by atoms with Gasteiger partial charge in [-0.2, -0.15) is 0 Å². The fourth-order valence-corrected chi connectivity index (χ4v) is 1.74. The van der Waals surface area contributed by atoms with Crippen LogP contribution < -0.4 is 10.1 Å². The van der Waals surface area contributed by atoms with Gasteiger partial charge in [-0.05, 0) is 42.8 Å². The van der Waals surface area contributed by atoms with Gasteiger partial charge in [-0.3, -0.25) is 10.2 Å². The summed E-state index contributed by atoms with van der Waals surface area (Å²) in [5.41, 5.74) is 2.22. The van der Waals surface area contributed by atoms with Crippen molar-refractivity contribution in [3.05, 3.63) is 66.2 Å². The molecule has 118 valence electrons. The first-order valence-electron chi connectivity index (χ1n) is 7.07. The van der Waals surface area contributed by atoms with Gasteiger partial charge in [-0.1, -0.05) is 41.6 Å². The second kappa shape index (κ2) is 8.38. The first-order chi connectivity index (χ1) is 11.2. The van der Waals surface area contributed by atoms with Crippen molar-refractivity contribution < 1.29 is 14.4 Å². The molecule has 0 spiro atoms. The summed E-state index contributed by atoms with van der Waals surface area (Å²) in [4.78, 5) is 16.4. The van der Waals surface area contributed by atoms with Crippen molar-refractivity contribution in [2.75, 3.05) is 12.4 Å². The van der Waals surface area contributed by atoms with Crippen molar-refractivity contribution in [1.82, 2.24) is 0 Å². The zero-order valence-corrected chi connectivity index (χ0v) is 13.0. The lowest BCUT2D eigenvalue weighted by atomic mass is 10.2. The fourth-order valence-electron chi connectivity index (χ4n) is 1.74. The number of allylic oxidation sites excluding steroid dienone is 1. The molecule has 2 rings (SSSR count). The molecule has 0 radical (unpaired) electrons. The van der Waals surface area contributed by atoms with E-state index in [0.717, 1.165) is 11.3 Å². The maximum Gasteiger partial charge on any atom is 0.437 e. The minimum absolute atomic E-state index is 0.573. The molecule has 0 aliphatic rings. The Bertz CT molecular complexity index is 692. The maximum atomic E-state index is 11.6. The van der Waals surface area contributed by atoms with Crippen LogP contribution >= 0.6 is 0 Å². The molecule has 23 heavy (non-hydrogen) atoms. The third kappa shape index (κ3) is 5.67. The number of hydrogen-bond acceptors (Lipinski definition) is 4. The predicted octanol–water partition coefficient (Wildman–Crippen LogP) is 4.33. The molecule has 2 aromatic carbocycles. The molecule has 0 aliphatic carbocycles. The van der Waals surface area contributed by atoms with E-state index in [1.165, 1.54) is 0 Å². The van der Waals surface area contributed by atoms with Crippen LogP contribution in [-0.4, -0.2) is 18.9 Å². The van der Waals surface area contributed by atoms with Crippen LogP contribution in [0.5, 0.6) is 5.75 Å². The lowest BCUT2D eigenvalue weighted by molar-refractivity contribution is 0.166. The van der Waals surface area contributed by atoms with Crippen LogP contribution in [0.3, 0.4) is 0 Å². The summed E-state index contributed by atoms with van der Waals surface area (Å²) in [7, 11) is 1.62. The number of carbonyl (C=O) groups is 1. The van der Waals surface area contributed by atoms with Gasteiger partial charge in [0.15, 0.2) is 0 Å². The van der Waals surface area contributed by atoms with Crippen LogP contribution in [-0.2, 0) is 4.84 Å². The molecular formula is C18H18N2O3. The summed E-state index contributed by atoms with van der Waals surface area (Å²) in [5.74, 6) is 0.799.